The number of benzene rings is 3. The Kier molecular flexibility index (Phi) is 7.92. The van der Waals surface area contributed by atoms with Crippen LogP contribution in [0, 0.1) is 0 Å². The van der Waals surface area contributed by atoms with E-state index in [2.05, 4.69) is 54.0 Å². The van der Waals surface area contributed by atoms with Gasteiger partial charge < -0.3 is 5.32 Å². The Morgan fingerprint density at radius 3 is 2.34 bits per heavy atom. The first-order valence-electron chi connectivity index (χ1n) is 10.8. The van der Waals surface area contributed by atoms with Gasteiger partial charge in [-0.05, 0) is 41.0 Å². The van der Waals surface area contributed by atoms with Gasteiger partial charge in [0.1, 0.15) is 0 Å². The average Bonchev–Trinajstić information content (AvgIpc) is 2.78. The van der Waals surface area contributed by atoms with Crippen molar-refractivity contribution in [1.29, 1.82) is 0 Å². The lowest BCUT2D eigenvalue weighted by Crippen LogP contribution is -2.20. The van der Waals surface area contributed by atoms with Crippen molar-refractivity contribution < 1.29 is 9.59 Å². The molecule has 0 radical (unpaired) electrons. The standard InChI is InChI=1S/C27H29N3O2/c1-19(2)22-13-11-21(12-14-22)17-20(3)18-28-30-27(32)16-15-26(31)29-25-10-6-8-23-7-4-5-9-24(23)25/h4-14,17-19H,15-16H2,1-3H3,(H,29,31)(H,30,32)/b20-17-,28-18+. The molecule has 5 nitrogen and oxygen atoms in total. The third kappa shape index (κ3) is 6.64. The van der Waals surface area contributed by atoms with Gasteiger partial charge in [-0.25, -0.2) is 5.43 Å². The lowest BCUT2D eigenvalue weighted by atomic mass is 10.0. The number of hydrazone groups is 1. The summed E-state index contributed by atoms with van der Waals surface area (Å²) >= 11 is 0. The lowest BCUT2D eigenvalue weighted by Gasteiger charge is -2.08. The van der Waals surface area contributed by atoms with Crippen LogP contribution >= 0.6 is 0 Å². The van der Waals surface area contributed by atoms with E-state index >= 15 is 0 Å². The molecule has 0 atom stereocenters. The topological polar surface area (TPSA) is 70.6 Å². The Bertz CT molecular complexity index is 1140. The van der Waals surface area contributed by atoms with Gasteiger partial charge in [-0.2, -0.15) is 5.10 Å². The Labute approximate surface area is 189 Å². The average molecular weight is 428 g/mol. The van der Waals surface area contributed by atoms with Gasteiger partial charge in [0.25, 0.3) is 0 Å². The van der Waals surface area contributed by atoms with Gasteiger partial charge in [-0.3, -0.25) is 9.59 Å². The fourth-order valence-electron chi connectivity index (χ4n) is 3.31. The summed E-state index contributed by atoms with van der Waals surface area (Å²) in [6, 6.07) is 22.0. The van der Waals surface area contributed by atoms with E-state index in [1.165, 1.54) is 5.56 Å². The molecule has 0 fully saturated rings. The van der Waals surface area contributed by atoms with E-state index in [0.717, 1.165) is 27.6 Å². The summed E-state index contributed by atoms with van der Waals surface area (Å²) < 4.78 is 0. The molecular weight excluding hydrogens is 398 g/mol. The molecule has 3 rings (SSSR count). The maximum absolute atomic E-state index is 12.3. The third-order valence-corrected chi connectivity index (χ3v) is 5.10. The Morgan fingerprint density at radius 2 is 1.59 bits per heavy atom. The van der Waals surface area contributed by atoms with Crippen molar-refractivity contribution in [2.45, 2.75) is 39.5 Å². The minimum Gasteiger partial charge on any atom is -0.326 e. The highest BCUT2D eigenvalue weighted by atomic mass is 16.2. The quantitative estimate of drug-likeness (QED) is 0.348. The molecule has 3 aromatic carbocycles. The van der Waals surface area contributed by atoms with E-state index in [9.17, 15) is 9.59 Å². The second-order valence-electron chi connectivity index (χ2n) is 8.08. The van der Waals surface area contributed by atoms with Crippen molar-refractivity contribution in [2.75, 3.05) is 5.32 Å². The monoisotopic (exact) mass is 427 g/mol. The fraction of sp³-hybridized carbons (Fsp3) is 0.222. The van der Waals surface area contributed by atoms with Crippen LogP contribution in [-0.4, -0.2) is 18.0 Å². The molecule has 3 aromatic rings. The van der Waals surface area contributed by atoms with Crippen molar-refractivity contribution in [2.24, 2.45) is 5.10 Å². The van der Waals surface area contributed by atoms with E-state index in [-0.39, 0.29) is 24.7 Å². The molecule has 0 saturated carbocycles. The molecule has 32 heavy (non-hydrogen) atoms. The third-order valence-electron chi connectivity index (χ3n) is 5.10. The molecule has 0 unspecified atom stereocenters. The van der Waals surface area contributed by atoms with Crippen LogP contribution in [0.25, 0.3) is 16.8 Å². The fourth-order valence-corrected chi connectivity index (χ4v) is 3.31. The zero-order valence-corrected chi connectivity index (χ0v) is 18.8. The molecule has 0 aromatic heterocycles. The lowest BCUT2D eigenvalue weighted by molar-refractivity contribution is -0.124. The van der Waals surface area contributed by atoms with E-state index in [0.29, 0.717) is 5.92 Å². The highest BCUT2D eigenvalue weighted by molar-refractivity contribution is 6.02. The van der Waals surface area contributed by atoms with Gasteiger partial charge in [-0.1, -0.05) is 80.6 Å². The molecule has 5 heteroatoms. The first-order chi connectivity index (χ1) is 15.4. The smallest absolute Gasteiger partial charge is 0.240 e. The van der Waals surface area contributed by atoms with Gasteiger partial charge in [-0.15, -0.1) is 0 Å². The molecular formula is C27H29N3O2. The van der Waals surface area contributed by atoms with E-state index in [1.807, 2.05) is 55.5 Å². The number of carbonyl (C=O) groups excluding carboxylic acids is 2. The van der Waals surface area contributed by atoms with E-state index < -0.39 is 0 Å². The molecule has 164 valence electrons. The molecule has 0 aliphatic carbocycles. The summed E-state index contributed by atoms with van der Waals surface area (Å²) in [6.45, 7) is 6.25. The minimum absolute atomic E-state index is 0.0629. The predicted octanol–water partition coefficient (Wildman–Crippen LogP) is 5.89. The minimum atomic E-state index is -0.302. The molecule has 0 spiro atoms. The van der Waals surface area contributed by atoms with Gasteiger partial charge >= 0.3 is 0 Å². The number of amides is 2. The van der Waals surface area contributed by atoms with E-state index in [1.54, 1.807) is 6.21 Å². The zero-order chi connectivity index (χ0) is 22.9. The van der Waals surface area contributed by atoms with Gasteiger partial charge in [0.2, 0.25) is 11.8 Å². The SMILES string of the molecule is CC(=C/c1ccc(C(C)C)cc1)/C=N/NC(=O)CCC(=O)Nc1cccc2ccccc12. The van der Waals surface area contributed by atoms with Gasteiger partial charge in [0.05, 0.1) is 6.21 Å². The number of nitrogens with one attached hydrogen (secondary N) is 2. The number of hydrogen-bond acceptors (Lipinski definition) is 3. The zero-order valence-electron chi connectivity index (χ0n) is 18.8. The number of rotatable bonds is 8. The molecule has 0 aliphatic heterocycles. The maximum Gasteiger partial charge on any atom is 0.240 e. The van der Waals surface area contributed by atoms with Crippen LogP contribution in [0.4, 0.5) is 5.69 Å². The van der Waals surface area contributed by atoms with Crippen molar-refractivity contribution in [3.8, 4) is 0 Å². The van der Waals surface area contributed by atoms with Crippen LogP contribution in [0.15, 0.2) is 77.4 Å². The van der Waals surface area contributed by atoms with Crippen LogP contribution in [-0.2, 0) is 9.59 Å². The Balaban J connectivity index is 1.46. The number of hydrogen-bond donors (Lipinski definition) is 2. The number of fused-ring (bicyclic) bond motifs is 1. The summed E-state index contributed by atoms with van der Waals surface area (Å²) in [5.41, 5.74) is 6.51. The second kappa shape index (κ2) is 11.0. The van der Waals surface area contributed by atoms with E-state index in [4.69, 9.17) is 0 Å². The highest BCUT2D eigenvalue weighted by Gasteiger charge is 2.08. The first kappa shape index (κ1) is 22.9. The number of nitrogens with zero attached hydrogens (tertiary/aromatic N) is 1. The summed E-state index contributed by atoms with van der Waals surface area (Å²) in [7, 11) is 0. The van der Waals surface area contributed by atoms with Crippen molar-refractivity contribution in [3.05, 3.63) is 83.4 Å². The molecule has 0 aliphatic rings. The largest absolute Gasteiger partial charge is 0.326 e. The van der Waals surface area contributed by atoms with Crippen molar-refractivity contribution >= 4 is 40.6 Å². The van der Waals surface area contributed by atoms with Crippen LogP contribution in [0.2, 0.25) is 0 Å². The summed E-state index contributed by atoms with van der Waals surface area (Å²) in [5.74, 6) is -0.00942. The maximum atomic E-state index is 12.3. The van der Waals surface area contributed by atoms with Gasteiger partial charge in [0, 0.05) is 23.9 Å². The van der Waals surface area contributed by atoms with Crippen LogP contribution < -0.4 is 10.7 Å². The number of carbonyl (C=O) groups is 2. The van der Waals surface area contributed by atoms with Crippen LogP contribution in [0.3, 0.4) is 0 Å². The Morgan fingerprint density at radius 1 is 0.906 bits per heavy atom. The number of allylic oxidation sites excluding steroid dienone is 1. The molecule has 0 bridgehead atoms. The summed E-state index contributed by atoms with van der Waals surface area (Å²) in [5, 5.41) is 8.90. The molecule has 0 heterocycles. The van der Waals surface area contributed by atoms with Crippen molar-refractivity contribution in [3.63, 3.8) is 0 Å². The summed E-state index contributed by atoms with van der Waals surface area (Å²) in [4.78, 5) is 24.3. The summed E-state index contributed by atoms with van der Waals surface area (Å²) in [6.07, 6.45) is 3.75. The molecule has 0 saturated heterocycles. The molecule has 2 N–H and O–H groups in total. The van der Waals surface area contributed by atoms with Crippen molar-refractivity contribution in [1.82, 2.24) is 5.43 Å². The first-order valence-corrected chi connectivity index (χ1v) is 10.8. The molecule has 2 amide bonds. The number of anilines is 1. The van der Waals surface area contributed by atoms with Crippen LogP contribution in [0.1, 0.15) is 50.7 Å². The Hall–Kier alpha value is -3.73. The van der Waals surface area contributed by atoms with Crippen LogP contribution in [0.5, 0.6) is 0 Å². The van der Waals surface area contributed by atoms with Gasteiger partial charge in [0.15, 0.2) is 0 Å². The normalized spacial score (nSPS) is 11.8. The highest BCUT2D eigenvalue weighted by Crippen LogP contribution is 2.23. The predicted molar refractivity (Wildman–Crippen MR) is 133 cm³/mol. The second-order valence-corrected chi connectivity index (χ2v) is 8.08.